The third-order valence-electron chi connectivity index (χ3n) is 9.77. The van der Waals surface area contributed by atoms with Crippen molar-refractivity contribution in [2.75, 3.05) is 13.7 Å². The summed E-state index contributed by atoms with van der Waals surface area (Å²) in [6, 6.07) is -3.34. The van der Waals surface area contributed by atoms with Gasteiger partial charge in [-0.25, -0.2) is 9.59 Å². The molecule has 0 spiro atoms. The number of non-ortho nitro benzene ring substituents is 1. The Bertz CT molecular complexity index is 1800. The summed E-state index contributed by atoms with van der Waals surface area (Å²) < 4.78 is 4.57. The average Bonchev–Trinajstić information content (AvgIpc) is 3.66. The molecule has 5 atom stereocenters. The largest absolute Gasteiger partial charge is 0.478 e. The number of nitro groups is 1. The van der Waals surface area contributed by atoms with Gasteiger partial charge in [0, 0.05) is 24.8 Å². The maximum absolute atomic E-state index is 14.2. The Morgan fingerprint density at radius 1 is 1.00 bits per heavy atom. The van der Waals surface area contributed by atoms with Gasteiger partial charge in [-0.2, -0.15) is 0 Å². The molecule has 1 heterocycles. The van der Waals surface area contributed by atoms with Gasteiger partial charge in [0.25, 0.3) is 11.6 Å². The summed E-state index contributed by atoms with van der Waals surface area (Å²) in [4.78, 5) is 116. The first-order valence-electron chi connectivity index (χ1n) is 18.5. The van der Waals surface area contributed by atoms with Crippen LogP contribution in [0.1, 0.15) is 93.4 Å². The normalized spacial score (nSPS) is 17.8. The smallest absolute Gasteiger partial charge is 0.336 e. The summed E-state index contributed by atoms with van der Waals surface area (Å²) >= 11 is 0. The second-order valence-corrected chi connectivity index (χ2v) is 15.0. The van der Waals surface area contributed by atoms with E-state index in [0.717, 1.165) is 57.4 Å². The van der Waals surface area contributed by atoms with Crippen LogP contribution >= 0.6 is 0 Å². The predicted molar refractivity (Wildman–Crippen MR) is 203 cm³/mol. The highest BCUT2D eigenvalue weighted by Gasteiger charge is 2.42. The predicted octanol–water partition coefficient (Wildman–Crippen LogP) is 1.25. The van der Waals surface area contributed by atoms with E-state index in [2.05, 4.69) is 26.0 Å². The fourth-order valence-electron chi connectivity index (χ4n) is 6.60. The first kappa shape index (κ1) is 45.3. The molecule has 1 fully saturated rings. The van der Waals surface area contributed by atoms with Crippen molar-refractivity contribution in [2.24, 2.45) is 17.1 Å². The number of rotatable bonds is 17. The van der Waals surface area contributed by atoms with Crippen molar-refractivity contribution in [3.05, 3.63) is 63.7 Å². The summed E-state index contributed by atoms with van der Waals surface area (Å²) in [7, 11) is 1.16. The van der Waals surface area contributed by atoms with Crippen LogP contribution in [-0.4, -0.2) is 106 Å². The lowest BCUT2D eigenvalue weighted by Crippen LogP contribution is -2.61. The van der Waals surface area contributed by atoms with Crippen molar-refractivity contribution in [2.45, 2.75) is 103 Å². The number of hydrogen-bond donors (Lipinski definition) is 6. The first-order chi connectivity index (χ1) is 26.8. The lowest BCUT2D eigenvalue weighted by molar-refractivity contribution is -0.384. The minimum absolute atomic E-state index is 0.0258. The van der Waals surface area contributed by atoms with Crippen LogP contribution < -0.4 is 27.0 Å². The molecular weight excluding hydrogens is 746 g/mol. The van der Waals surface area contributed by atoms with E-state index >= 15 is 0 Å². The fourth-order valence-corrected chi connectivity index (χ4v) is 6.60. The highest BCUT2D eigenvalue weighted by molar-refractivity contribution is 6.06. The molecule has 19 heteroatoms. The molecule has 3 rings (SSSR count). The van der Waals surface area contributed by atoms with Gasteiger partial charge in [-0.15, -0.1) is 0 Å². The maximum atomic E-state index is 14.2. The van der Waals surface area contributed by atoms with Crippen LogP contribution in [0.15, 0.2) is 42.5 Å². The van der Waals surface area contributed by atoms with Gasteiger partial charge >= 0.3 is 11.9 Å². The number of esters is 1. The van der Waals surface area contributed by atoms with Crippen molar-refractivity contribution in [1.82, 2.24) is 26.2 Å². The molecule has 1 aliphatic heterocycles. The Morgan fingerprint density at radius 2 is 1.67 bits per heavy atom. The van der Waals surface area contributed by atoms with E-state index in [4.69, 9.17) is 5.73 Å². The van der Waals surface area contributed by atoms with Crippen molar-refractivity contribution >= 4 is 53.1 Å². The topological polar surface area (TPSA) is 287 Å². The van der Waals surface area contributed by atoms with Gasteiger partial charge in [-0.3, -0.25) is 38.9 Å². The standard InChI is InChI=1S/C38H51N7O12/c1-21(32(48)42-29(31(39)47)22-12-7-6-8-13-22)40-35(51)27-15-11-19-44(27)36(52)30(38(2,3)4)43-34(50)26(14-9-10-16-28(46)57-5)41-33(49)24-18-17-23(45(55)56)20-25(24)37(53)54/h10-11,15-18,20-22,26-27,29-30H,6-9,12-14,19H2,1-5H3,(H2,39,47)(H,40,51)(H,41,49)(H,42,48)(H,43,50)(H,53,54)/b16-10+/t21-,26-,27-,29-,30+/m0/s1. The molecule has 6 amide bonds. The number of amides is 6. The van der Waals surface area contributed by atoms with E-state index in [9.17, 15) is 53.6 Å². The fraction of sp³-hybridized carbons (Fsp3) is 0.526. The lowest BCUT2D eigenvalue weighted by atomic mass is 9.83. The van der Waals surface area contributed by atoms with E-state index in [1.807, 2.05) is 0 Å². The molecule has 310 valence electrons. The maximum Gasteiger partial charge on any atom is 0.336 e. The van der Waals surface area contributed by atoms with Crippen LogP contribution in [0.25, 0.3) is 0 Å². The van der Waals surface area contributed by atoms with Gasteiger partial charge in [0.05, 0.1) is 23.2 Å². The van der Waals surface area contributed by atoms with Gasteiger partial charge in [0.15, 0.2) is 0 Å². The number of carbonyl (C=O) groups is 8. The molecule has 57 heavy (non-hydrogen) atoms. The Kier molecular flexibility index (Phi) is 16.0. The molecule has 1 aromatic carbocycles. The molecule has 0 bridgehead atoms. The van der Waals surface area contributed by atoms with Gasteiger partial charge in [0.1, 0.15) is 30.2 Å². The minimum Gasteiger partial charge on any atom is -0.478 e. The van der Waals surface area contributed by atoms with E-state index < -0.39 is 105 Å². The molecule has 1 saturated carbocycles. The van der Waals surface area contributed by atoms with Gasteiger partial charge in [-0.1, -0.05) is 58.3 Å². The number of carbonyl (C=O) groups excluding carboxylic acids is 7. The summed E-state index contributed by atoms with van der Waals surface area (Å²) in [6.45, 7) is 6.38. The first-order valence-corrected chi connectivity index (χ1v) is 18.5. The number of carboxylic acids is 1. The van der Waals surface area contributed by atoms with Crippen LogP contribution in [0.3, 0.4) is 0 Å². The third kappa shape index (κ3) is 12.4. The van der Waals surface area contributed by atoms with Crippen molar-refractivity contribution in [1.29, 1.82) is 0 Å². The molecule has 1 aliphatic carbocycles. The van der Waals surface area contributed by atoms with Crippen LogP contribution in [-0.2, 0) is 33.5 Å². The van der Waals surface area contributed by atoms with Gasteiger partial charge < -0.3 is 41.7 Å². The van der Waals surface area contributed by atoms with Crippen molar-refractivity contribution < 1.29 is 53.1 Å². The zero-order valence-electron chi connectivity index (χ0n) is 32.6. The number of nitrogens with one attached hydrogen (secondary N) is 4. The van der Waals surface area contributed by atoms with Crippen LogP contribution in [0.5, 0.6) is 0 Å². The Labute approximate surface area is 329 Å². The van der Waals surface area contributed by atoms with E-state index in [-0.39, 0.29) is 25.3 Å². The van der Waals surface area contributed by atoms with E-state index in [1.165, 1.54) is 24.0 Å². The number of hydrogen-bond acceptors (Lipinski definition) is 11. The van der Waals surface area contributed by atoms with Crippen LogP contribution in [0.4, 0.5) is 5.69 Å². The number of nitrogens with zero attached hydrogens (tertiary/aromatic N) is 2. The number of nitro benzene ring substituents is 1. The Hall–Kier alpha value is -6.14. The van der Waals surface area contributed by atoms with Crippen LogP contribution in [0, 0.1) is 21.4 Å². The summed E-state index contributed by atoms with van der Waals surface area (Å²) in [5.41, 5.74) is 2.88. The second-order valence-electron chi connectivity index (χ2n) is 15.0. The zero-order chi connectivity index (χ0) is 42.6. The number of methoxy groups -OCH3 is 1. The highest BCUT2D eigenvalue weighted by atomic mass is 16.6. The van der Waals surface area contributed by atoms with Gasteiger partial charge in [-0.05, 0) is 50.0 Å². The minimum atomic E-state index is -1.63. The summed E-state index contributed by atoms with van der Waals surface area (Å²) in [5.74, 6) is -7.04. The monoisotopic (exact) mass is 797 g/mol. The molecule has 0 aromatic heterocycles. The number of carboxylic acid groups (broad SMARTS) is 1. The third-order valence-corrected chi connectivity index (χ3v) is 9.77. The summed E-state index contributed by atoms with van der Waals surface area (Å²) in [5, 5.41) is 31.3. The molecule has 0 unspecified atom stereocenters. The molecular formula is C38H51N7O12. The molecule has 7 N–H and O–H groups in total. The molecule has 19 nitrogen and oxygen atoms in total. The number of allylic oxidation sites excluding steroid dienone is 1. The average molecular weight is 798 g/mol. The Balaban J connectivity index is 1.81. The highest BCUT2D eigenvalue weighted by Crippen LogP contribution is 2.27. The number of aromatic carboxylic acids is 1. The van der Waals surface area contributed by atoms with E-state index in [1.54, 1.807) is 26.8 Å². The number of nitrogens with two attached hydrogens (primary N) is 1. The number of benzene rings is 1. The van der Waals surface area contributed by atoms with Crippen LogP contribution in [0.2, 0.25) is 0 Å². The second kappa shape index (κ2) is 20.1. The summed E-state index contributed by atoms with van der Waals surface area (Å²) in [6.07, 6.45) is 9.69. The van der Waals surface area contributed by atoms with Crippen molar-refractivity contribution in [3.63, 3.8) is 0 Å². The van der Waals surface area contributed by atoms with E-state index in [0.29, 0.717) is 6.07 Å². The molecule has 1 aromatic rings. The molecule has 2 aliphatic rings. The molecule has 0 radical (unpaired) electrons. The number of ether oxygens (including phenoxy) is 1. The van der Waals surface area contributed by atoms with Gasteiger partial charge in [0.2, 0.25) is 29.5 Å². The quantitative estimate of drug-likeness (QED) is 0.0427. The SMILES string of the molecule is COC(=O)/C=C/CC[C@H](NC(=O)c1ccc([N+](=O)[O-])cc1C(=O)O)C(=O)N[C@H](C(=O)N1CC=C[C@H]1C(=O)N[C@@H](C)C(=O)N[C@H](C(N)=O)C1CCCCC1)C(C)(C)C. The molecule has 0 saturated heterocycles. The zero-order valence-corrected chi connectivity index (χ0v) is 32.6. The lowest BCUT2D eigenvalue weighted by Gasteiger charge is -2.36. The number of primary amides is 1. The Morgan fingerprint density at radius 3 is 2.25 bits per heavy atom. The van der Waals surface area contributed by atoms with Crippen molar-refractivity contribution in [3.8, 4) is 0 Å².